The standard InChI is InChI=1S/C13H13N3O2S2/c1-9(17)7-11-14-13(20-15-11)16(2)12(18)4-3-10-5-6-19-8-10/h3-6,8H,7H2,1-2H3/b4-3+. The minimum Gasteiger partial charge on any atom is -0.300 e. The van der Waals surface area contributed by atoms with E-state index < -0.39 is 0 Å². The summed E-state index contributed by atoms with van der Waals surface area (Å²) in [7, 11) is 1.64. The van der Waals surface area contributed by atoms with E-state index in [0.29, 0.717) is 11.0 Å². The van der Waals surface area contributed by atoms with Crippen molar-refractivity contribution in [2.45, 2.75) is 13.3 Å². The van der Waals surface area contributed by atoms with E-state index in [0.717, 1.165) is 17.1 Å². The molecule has 0 aromatic carbocycles. The molecule has 2 rings (SSSR count). The minimum atomic E-state index is -0.179. The van der Waals surface area contributed by atoms with Gasteiger partial charge in [-0.1, -0.05) is 0 Å². The summed E-state index contributed by atoms with van der Waals surface area (Å²) in [6.07, 6.45) is 3.45. The highest BCUT2D eigenvalue weighted by atomic mass is 32.1. The van der Waals surface area contributed by atoms with Gasteiger partial charge in [0.2, 0.25) is 5.13 Å². The van der Waals surface area contributed by atoms with Crippen LogP contribution in [-0.2, 0) is 16.0 Å². The van der Waals surface area contributed by atoms with Crippen molar-refractivity contribution in [1.29, 1.82) is 0 Å². The molecule has 0 saturated heterocycles. The first kappa shape index (κ1) is 14.5. The van der Waals surface area contributed by atoms with Gasteiger partial charge in [0, 0.05) is 24.7 Å². The highest BCUT2D eigenvalue weighted by molar-refractivity contribution is 7.10. The molecule has 2 heterocycles. The Labute approximate surface area is 124 Å². The molecule has 20 heavy (non-hydrogen) atoms. The fraction of sp³-hybridized carbons (Fsp3) is 0.231. The fourth-order valence-corrected chi connectivity index (χ4v) is 2.70. The van der Waals surface area contributed by atoms with Crippen molar-refractivity contribution in [3.63, 3.8) is 0 Å². The number of carbonyl (C=O) groups excluding carboxylic acids is 2. The molecule has 0 radical (unpaired) electrons. The summed E-state index contributed by atoms with van der Waals surface area (Å²) < 4.78 is 4.06. The highest BCUT2D eigenvalue weighted by Crippen LogP contribution is 2.17. The maximum atomic E-state index is 12.0. The van der Waals surface area contributed by atoms with E-state index in [1.807, 2.05) is 16.8 Å². The Bertz CT molecular complexity index is 632. The van der Waals surface area contributed by atoms with Crippen LogP contribution in [-0.4, -0.2) is 28.1 Å². The van der Waals surface area contributed by atoms with Crippen molar-refractivity contribution in [2.24, 2.45) is 0 Å². The first-order chi connectivity index (χ1) is 9.56. The van der Waals surface area contributed by atoms with Crippen molar-refractivity contribution in [2.75, 3.05) is 11.9 Å². The van der Waals surface area contributed by atoms with Gasteiger partial charge in [-0.2, -0.15) is 15.7 Å². The molecule has 7 heteroatoms. The van der Waals surface area contributed by atoms with E-state index in [9.17, 15) is 9.59 Å². The largest absolute Gasteiger partial charge is 0.300 e. The lowest BCUT2D eigenvalue weighted by Gasteiger charge is -2.09. The van der Waals surface area contributed by atoms with E-state index in [-0.39, 0.29) is 18.1 Å². The lowest BCUT2D eigenvalue weighted by Crippen LogP contribution is -2.23. The van der Waals surface area contributed by atoms with Crippen molar-refractivity contribution in [3.05, 3.63) is 34.3 Å². The topological polar surface area (TPSA) is 63.2 Å². The van der Waals surface area contributed by atoms with Crippen LogP contribution >= 0.6 is 22.9 Å². The Hall–Kier alpha value is -1.86. The molecule has 0 N–H and O–H groups in total. The molecular weight excluding hydrogens is 294 g/mol. The molecule has 0 bridgehead atoms. The van der Waals surface area contributed by atoms with Crippen LogP contribution in [0.1, 0.15) is 18.3 Å². The molecule has 2 aromatic rings. The summed E-state index contributed by atoms with van der Waals surface area (Å²) in [6.45, 7) is 1.49. The van der Waals surface area contributed by atoms with Crippen LogP contribution in [0.5, 0.6) is 0 Å². The van der Waals surface area contributed by atoms with Crippen LogP contribution in [0.2, 0.25) is 0 Å². The van der Waals surface area contributed by atoms with Gasteiger partial charge < -0.3 is 0 Å². The smallest absolute Gasteiger partial charge is 0.252 e. The molecule has 1 amide bonds. The van der Waals surface area contributed by atoms with Crippen molar-refractivity contribution >= 4 is 45.8 Å². The zero-order chi connectivity index (χ0) is 14.5. The summed E-state index contributed by atoms with van der Waals surface area (Å²) in [5.41, 5.74) is 0.992. The number of hydrogen-bond acceptors (Lipinski definition) is 6. The third-order valence-corrected chi connectivity index (χ3v) is 3.98. The number of likely N-dealkylation sites (N-methyl/N-ethyl adjacent to an activating group) is 1. The van der Waals surface area contributed by atoms with E-state index in [1.54, 1.807) is 24.5 Å². The second-order valence-corrected chi connectivity index (χ2v) is 5.67. The van der Waals surface area contributed by atoms with E-state index in [1.165, 1.54) is 17.9 Å². The van der Waals surface area contributed by atoms with E-state index in [2.05, 4.69) is 9.36 Å². The van der Waals surface area contributed by atoms with Gasteiger partial charge >= 0.3 is 0 Å². The average Bonchev–Trinajstić information content (AvgIpc) is 3.05. The van der Waals surface area contributed by atoms with E-state index >= 15 is 0 Å². The van der Waals surface area contributed by atoms with Crippen LogP contribution < -0.4 is 4.90 Å². The zero-order valence-electron chi connectivity index (χ0n) is 11.1. The predicted octanol–water partition coefficient (Wildman–Crippen LogP) is 2.41. The van der Waals surface area contributed by atoms with Gasteiger partial charge in [-0.3, -0.25) is 14.5 Å². The summed E-state index contributed by atoms with van der Waals surface area (Å²) in [4.78, 5) is 28.6. The van der Waals surface area contributed by atoms with Crippen LogP contribution in [0.15, 0.2) is 22.9 Å². The van der Waals surface area contributed by atoms with Gasteiger partial charge in [0.15, 0.2) is 5.82 Å². The number of thiophene rings is 1. The second-order valence-electron chi connectivity index (χ2n) is 4.16. The highest BCUT2D eigenvalue weighted by Gasteiger charge is 2.14. The van der Waals surface area contributed by atoms with Crippen LogP contribution in [0.4, 0.5) is 5.13 Å². The molecule has 0 aliphatic rings. The number of amides is 1. The quantitative estimate of drug-likeness (QED) is 0.796. The van der Waals surface area contributed by atoms with Gasteiger partial charge in [-0.25, -0.2) is 4.98 Å². The SMILES string of the molecule is CC(=O)Cc1nsc(N(C)C(=O)/C=C/c2ccsc2)n1. The number of aromatic nitrogens is 2. The number of carbonyl (C=O) groups is 2. The molecule has 104 valence electrons. The molecule has 0 fully saturated rings. The summed E-state index contributed by atoms with van der Waals surface area (Å²) in [6, 6.07) is 1.93. The molecule has 0 saturated carbocycles. The van der Waals surface area contributed by atoms with Crippen LogP contribution in [0, 0.1) is 0 Å². The number of hydrogen-bond donors (Lipinski definition) is 0. The number of rotatable bonds is 5. The third-order valence-electron chi connectivity index (χ3n) is 2.44. The molecular formula is C13H13N3O2S2. The Morgan fingerprint density at radius 1 is 1.45 bits per heavy atom. The van der Waals surface area contributed by atoms with Crippen molar-refractivity contribution in [3.8, 4) is 0 Å². The first-order valence-electron chi connectivity index (χ1n) is 5.86. The van der Waals surface area contributed by atoms with Gasteiger partial charge in [0.05, 0.1) is 6.42 Å². The average molecular weight is 307 g/mol. The molecule has 5 nitrogen and oxygen atoms in total. The summed E-state index contributed by atoms with van der Waals surface area (Å²) in [5.74, 6) is 0.279. The van der Waals surface area contributed by atoms with E-state index in [4.69, 9.17) is 0 Å². The molecule has 0 atom stereocenters. The van der Waals surface area contributed by atoms with Crippen molar-refractivity contribution < 1.29 is 9.59 Å². The van der Waals surface area contributed by atoms with Crippen molar-refractivity contribution in [1.82, 2.24) is 9.36 Å². The third kappa shape index (κ3) is 3.82. The summed E-state index contributed by atoms with van der Waals surface area (Å²) >= 11 is 2.69. The molecule has 0 unspecified atom stereocenters. The lowest BCUT2D eigenvalue weighted by atomic mass is 10.3. The zero-order valence-corrected chi connectivity index (χ0v) is 12.7. The number of nitrogens with zero attached hydrogens (tertiary/aromatic N) is 3. The Morgan fingerprint density at radius 2 is 2.25 bits per heavy atom. The predicted molar refractivity (Wildman–Crippen MR) is 81.1 cm³/mol. The fourth-order valence-electron chi connectivity index (χ4n) is 1.42. The second kappa shape index (κ2) is 6.53. The Balaban J connectivity index is 2.03. The monoisotopic (exact) mass is 307 g/mol. The Kier molecular flexibility index (Phi) is 4.75. The van der Waals surface area contributed by atoms with Gasteiger partial charge in [-0.05, 0) is 35.4 Å². The number of Topliss-reactive ketones (excluding diaryl/α,β-unsaturated/α-hetero) is 1. The molecule has 0 spiro atoms. The Morgan fingerprint density at radius 3 is 2.90 bits per heavy atom. The maximum Gasteiger partial charge on any atom is 0.252 e. The van der Waals surface area contributed by atoms with Gasteiger partial charge in [0.25, 0.3) is 5.91 Å². The lowest BCUT2D eigenvalue weighted by molar-refractivity contribution is -0.116. The van der Waals surface area contributed by atoms with Crippen LogP contribution in [0.3, 0.4) is 0 Å². The first-order valence-corrected chi connectivity index (χ1v) is 7.58. The summed E-state index contributed by atoms with van der Waals surface area (Å²) in [5, 5.41) is 4.40. The van der Waals surface area contributed by atoms with Crippen LogP contribution in [0.25, 0.3) is 6.08 Å². The minimum absolute atomic E-state index is 0.000633. The van der Waals surface area contributed by atoms with Gasteiger partial charge in [-0.15, -0.1) is 0 Å². The molecule has 0 aliphatic heterocycles. The number of ketones is 1. The number of anilines is 1. The molecule has 2 aromatic heterocycles. The van der Waals surface area contributed by atoms with Gasteiger partial charge in [0.1, 0.15) is 5.78 Å². The maximum absolute atomic E-state index is 12.0. The normalized spacial score (nSPS) is 10.9. The molecule has 0 aliphatic carbocycles.